The first kappa shape index (κ1) is 24.5. The number of carbonyl (C=O) groups is 3. The Kier molecular flexibility index (Phi) is 8.15. The highest BCUT2D eigenvalue weighted by molar-refractivity contribution is 6.19. The molecule has 0 radical (unpaired) electrons. The highest BCUT2D eigenvalue weighted by atomic mass is 35.5. The Hall–Kier alpha value is -2.15. The van der Waals surface area contributed by atoms with Gasteiger partial charge in [-0.3, -0.25) is 14.4 Å². The maximum atomic E-state index is 13.1. The van der Waals surface area contributed by atoms with Gasteiger partial charge in [-0.05, 0) is 63.8 Å². The van der Waals surface area contributed by atoms with Crippen LogP contribution in [-0.4, -0.2) is 53.7 Å². The van der Waals surface area contributed by atoms with E-state index in [9.17, 15) is 18.8 Å². The number of hydrogen-bond donors (Lipinski definition) is 2. The zero-order valence-corrected chi connectivity index (χ0v) is 19.6. The summed E-state index contributed by atoms with van der Waals surface area (Å²) in [6.07, 6.45) is 5.02. The number of hydrogen-bond acceptors (Lipinski definition) is 3. The molecule has 1 aromatic rings. The van der Waals surface area contributed by atoms with Crippen molar-refractivity contribution in [2.45, 2.75) is 64.5 Å². The van der Waals surface area contributed by atoms with Crippen molar-refractivity contribution in [3.63, 3.8) is 0 Å². The molecule has 1 saturated carbocycles. The molecule has 1 aromatic carbocycles. The predicted molar refractivity (Wildman–Crippen MR) is 122 cm³/mol. The van der Waals surface area contributed by atoms with Gasteiger partial charge in [0.15, 0.2) is 0 Å². The number of piperidine rings is 1. The van der Waals surface area contributed by atoms with Gasteiger partial charge >= 0.3 is 0 Å². The van der Waals surface area contributed by atoms with E-state index >= 15 is 0 Å². The van der Waals surface area contributed by atoms with Gasteiger partial charge in [0.05, 0.1) is 11.3 Å². The lowest BCUT2D eigenvalue weighted by molar-refractivity contribution is -0.142. The minimum absolute atomic E-state index is 0.0212. The molecule has 3 atom stereocenters. The number of amides is 3. The molecule has 2 N–H and O–H groups in total. The molecule has 2 aliphatic rings. The van der Waals surface area contributed by atoms with Crippen LogP contribution in [0.3, 0.4) is 0 Å². The monoisotopic (exact) mass is 465 g/mol. The average molecular weight is 466 g/mol. The summed E-state index contributed by atoms with van der Waals surface area (Å²) < 4.78 is 13.1. The third-order valence-electron chi connectivity index (χ3n) is 6.51. The normalized spacial score (nSPS) is 24.0. The fourth-order valence-corrected chi connectivity index (χ4v) is 4.61. The molecular formula is C24H33ClFN3O3. The smallest absolute Gasteiger partial charge is 0.251 e. The summed E-state index contributed by atoms with van der Waals surface area (Å²) in [5.74, 6) is -0.787. The number of carbonyl (C=O) groups excluding carboxylic acids is 3. The molecule has 0 spiro atoms. The van der Waals surface area contributed by atoms with Crippen LogP contribution in [0.4, 0.5) is 4.39 Å². The zero-order chi connectivity index (χ0) is 23.3. The average Bonchev–Trinajstić information content (AvgIpc) is 2.80. The molecule has 3 rings (SSSR count). The summed E-state index contributed by atoms with van der Waals surface area (Å²) >= 11 is 5.96. The van der Waals surface area contributed by atoms with Gasteiger partial charge in [-0.1, -0.05) is 12.8 Å². The SMILES string of the molecule is CC(C)(CCl)C(=O)N1CCCC(C(=O)N[C@@H]2CCCC[C@H]2NC(=O)c2ccc(F)cc2)C1. The quantitative estimate of drug-likeness (QED) is 0.631. The van der Waals surface area contributed by atoms with Gasteiger partial charge in [0, 0.05) is 36.6 Å². The van der Waals surface area contributed by atoms with Crippen molar-refractivity contribution in [3.05, 3.63) is 35.6 Å². The molecule has 0 aromatic heterocycles. The molecule has 1 heterocycles. The number of alkyl halides is 1. The summed E-state index contributed by atoms with van der Waals surface area (Å²) in [5.41, 5.74) is -0.260. The maximum Gasteiger partial charge on any atom is 0.251 e. The lowest BCUT2D eigenvalue weighted by Crippen LogP contribution is -2.56. The number of nitrogens with zero attached hydrogens (tertiary/aromatic N) is 1. The van der Waals surface area contributed by atoms with E-state index in [-0.39, 0.29) is 41.6 Å². The van der Waals surface area contributed by atoms with Crippen molar-refractivity contribution in [1.82, 2.24) is 15.5 Å². The summed E-state index contributed by atoms with van der Waals surface area (Å²) in [6.45, 7) is 4.68. The number of benzene rings is 1. The van der Waals surface area contributed by atoms with Crippen LogP contribution in [0.1, 0.15) is 62.7 Å². The highest BCUT2D eigenvalue weighted by Crippen LogP contribution is 2.26. The first-order valence-corrected chi connectivity index (χ1v) is 12.0. The molecule has 1 unspecified atom stereocenters. The third kappa shape index (κ3) is 6.00. The van der Waals surface area contributed by atoms with Crippen LogP contribution in [0.15, 0.2) is 24.3 Å². The second kappa shape index (κ2) is 10.6. The van der Waals surface area contributed by atoms with E-state index < -0.39 is 11.2 Å². The first-order valence-electron chi connectivity index (χ1n) is 11.4. The second-order valence-electron chi connectivity index (χ2n) is 9.59. The van der Waals surface area contributed by atoms with Crippen LogP contribution in [0.25, 0.3) is 0 Å². The Morgan fingerprint density at radius 3 is 2.28 bits per heavy atom. The lowest BCUT2D eigenvalue weighted by Gasteiger charge is -2.38. The Balaban J connectivity index is 1.60. The number of likely N-dealkylation sites (tertiary alicyclic amines) is 1. The van der Waals surface area contributed by atoms with Gasteiger partial charge in [0.1, 0.15) is 5.82 Å². The number of nitrogens with one attached hydrogen (secondary N) is 2. The Bertz CT molecular complexity index is 830. The second-order valence-corrected chi connectivity index (χ2v) is 9.86. The molecule has 3 amide bonds. The molecule has 1 aliphatic heterocycles. The van der Waals surface area contributed by atoms with Gasteiger partial charge < -0.3 is 15.5 Å². The summed E-state index contributed by atoms with van der Waals surface area (Å²) in [7, 11) is 0. The van der Waals surface area contributed by atoms with E-state index in [0.29, 0.717) is 18.7 Å². The van der Waals surface area contributed by atoms with Crippen molar-refractivity contribution < 1.29 is 18.8 Å². The summed E-state index contributed by atoms with van der Waals surface area (Å²) in [4.78, 5) is 40.2. The van der Waals surface area contributed by atoms with Crippen LogP contribution in [0, 0.1) is 17.2 Å². The van der Waals surface area contributed by atoms with E-state index in [4.69, 9.17) is 11.6 Å². The van der Waals surface area contributed by atoms with Crippen LogP contribution >= 0.6 is 11.6 Å². The van der Waals surface area contributed by atoms with Crippen molar-refractivity contribution in [1.29, 1.82) is 0 Å². The Morgan fingerprint density at radius 1 is 1.03 bits per heavy atom. The van der Waals surface area contributed by atoms with Gasteiger partial charge in [-0.25, -0.2) is 4.39 Å². The summed E-state index contributed by atoms with van der Waals surface area (Å²) in [6, 6.07) is 5.09. The number of rotatable bonds is 6. The van der Waals surface area contributed by atoms with E-state index in [1.807, 2.05) is 13.8 Å². The van der Waals surface area contributed by atoms with Crippen LogP contribution in [-0.2, 0) is 9.59 Å². The third-order valence-corrected chi connectivity index (χ3v) is 7.18. The van der Waals surface area contributed by atoms with Gasteiger partial charge in [-0.15, -0.1) is 11.6 Å². The summed E-state index contributed by atoms with van der Waals surface area (Å²) in [5, 5.41) is 6.15. The minimum Gasteiger partial charge on any atom is -0.351 e. The van der Waals surface area contributed by atoms with E-state index in [2.05, 4.69) is 10.6 Å². The highest BCUT2D eigenvalue weighted by Gasteiger charge is 2.37. The fourth-order valence-electron chi connectivity index (χ4n) is 4.49. The van der Waals surface area contributed by atoms with E-state index in [1.54, 1.807) is 4.90 Å². The molecule has 176 valence electrons. The predicted octanol–water partition coefficient (Wildman–Crippen LogP) is 3.49. The van der Waals surface area contributed by atoms with Crippen LogP contribution < -0.4 is 10.6 Å². The maximum absolute atomic E-state index is 13.1. The molecule has 1 aliphatic carbocycles. The number of halogens is 2. The molecule has 8 heteroatoms. The van der Waals surface area contributed by atoms with Gasteiger partial charge in [0.25, 0.3) is 5.91 Å². The van der Waals surface area contributed by atoms with Crippen molar-refractivity contribution in [2.75, 3.05) is 19.0 Å². The molecule has 32 heavy (non-hydrogen) atoms. The lowest BCUT2D eigenvalue weighted by atomic mass is 9.88. The van der Waals surface area contributed by atoms with Gasteiger partial charge in [0.2, 0.25) is 11.8 Å². The van der Waals surface area contributed by atoms with Crippen molar-refractivity contribution in [3.8, 4) is 0 Å². The van der Waals surface area contributed by atoms with E-state index in [1.165, 1.54) is 24.3 Å². The van der Waals surface area contributed by atoms with Crippen molar-refractivity contribution in [2.24, 2.45) is 11.3 Å². The molecule has 1 saturated heterocycles. The van der Waals surface area contributed by atoms with Crippen molar-refractivity contribution >= 4 is 29.3 Å². The zero-order valence-electron chi connectivity index (χ0n) is 18.8. The molecule has 2 fully saturated rings. The van der Waals surface area contributed by atoms with Gasteiger partial charge in [-0.2, -0.15) is 0 Å². The topological polar surface area (TPSA) is 78.5 Å². The first-order chi connectivity index (χ1) is 15.2. The standard InChI is InChI=1S/C24H33ClFN3O3/c1-24(2,15-25)23(32)29-13-5-6-17(14-29)22(31)28-20-8-4-3-7-19(20)27-21(30)16-9-11-18(26)12-10-16/h9-12,17,19-20H,3-8,13-15H2,1-2H3,(H,27,30)(H,28,31)/t17?,19-,20-/m1/s1. The largest absolute Gasteiger partial charge is 0.351 e. The molecule has 6 nitrogen and oxygen atoms in total. The van der Waals surface area contributed by atoms with Crippen LogP contribution in [0.2, 0.25) is 0 Å². The minimum atomic E-state index is -0.654. The Labute approximate surface area is 194 Å². The Morgan fingerprint density at radius 2 is 1.66 bits per heavy atom. The van der Waals surface area contributed by atoms with E-state index in [0.717, 1.165) is 38.5 Å². The molecular weight excluding hydrogens is 433 g/mol. The molecule has 0 bridgehead atoms. The van der Waals surface area contributed by atoms with Crippen LogP contribution in [0.5, 0.6) is 0 Å². The fraction of sp³-hybridized carbons (Fsp3) is 0.625.